The second kappa shape index (κ2) is 5.53. The van der Waals surface area contributed by atoms with Gasteiger partial charge in [-0.25, -0.2) is 0 Å². The molecule has 1 aromatic heterocycles. The molecule has 84 valence electrons. The number of hydrogen-bond donors (Lipinski definition) is 1. The van der Waals surface area contributed by atoms with Gasteiger partial charge in [0.2, 0.25) is 0 Å². The molecule has 0 aliphatic rings. The van der Waals surface area contributed by atoms with Gasteiger partial charge in [-0.3, -0.25) is 4.79 Å². The highest BCUT2D eigenvalue weighted by Gasteiger charge is 2.17. The fourth-order valence-electron chi connectivity index (χ4n) is 1.23. The van der Waals surface area contributed by atoms with Crippen molar-refractivity contribution in [1.29, 1.82) is 0 Å². The Balaban J connectivity index is 2.47. The quantitative estimate of drug-likeness (QED) is 0.767. The third-order valence-corrected chi connectivity index (χ3v) is 1.92. The van der Waals surface area contributed by atoms with E-state index in [2.05, 4.69) is 0 Å². The van der Waals surface area contributed by atoms with E-state index >= 15 is 0 Å². The standard InChI is InChI=1S/C10H15NO4/c1-11(6-8(12)7-14-2)10(13)9-4-3-5-15-9/h3-5,8,12H,6-7H2,1-2H3. The zero-order chi connectivity index (χ0) is 11.3. The minimum Gasteiger partial charge on any atom is -0.459 e. The van der Waals surface area contributed by atoms with Crippen molar-refractivity contribution >= 4 is 5.91 Å². The number of likely N-dealkylation sites (N-methyl/N-ethyl adjacent to an activating group) is 1. The molecular weight excluding hydrogens is 198 g/mol. The fraction of sp³-hybridized carbons (Fsp3) is 0.500. The molecule has 1 aromatic rings. The van der Waals surface area contributed by atoms with Crippen molar-refractivity contribution in [3.8, 4) is 0 Å². The average molecular weight is 213 g/mol. The molecule has 0 bridgehead atoms. The molecule has 0 aliphatic carbocycles. The maximum atomic E-state index is 11.6. The maximum absolute atomic E-state index is 11.6. The van der Waals surface area contributed by atoms with Crippen LogP contribution in [0.15, 0.2) is 22.8 Å². The van der Waals surface area contributed by atoms with Gasteiger partial charge in [0, 0.05) is 20.7 Å². The number of rotatable bonds is 5. The summed E-state index contributed by atoms with van der Waals surface area (Å²) in [5.41, 5.74) is 0. The van der Waals surface area contributed by atoms with Gasteiger partial charge in [0.1, 0.15) is 0 Å². The molecule has 1 rings (SSSR count). The van der Waals surface area contributed by atoms with Gasteiger partial charge in [-0.05, 0) is 12.1 Å². The van der Waals surface area contributed by atoms with Crippen LogP contribution in [0.5, 0.6) is 0 Å². The van der Waals surface area contributed by atoms with Crippen molar-refractivity contribution < 1.29 is 19.1 Å². The van der Waals surface area contributed by atoms with Crippen LogP contribution >= 0.6 is 0 Å². The molecule has 1 atom stereocenters. The van der Waals surface area contributed by atoms with E-state index in [-0.39, 0.29) is 24.8 Å². The Bertz CT molecular complexity index is 296. The van der Waals surface area contributed by atoms with Crippen LogP contribution in [-0.4, -0.2) is 49.3 Å². The first kappa shape index (κ1) is 11.7. The van der Waals surface area contributed by atoms with Crippen LogP contribution in [0.2, 0.25) is 0 Å². The van der Waals surface area contributed by atoms with E-state index in [4.69, 9.17) is 9.15 Å². The Morgan fingerprint density at radius 3 is 3.00 bits per heavy atom. The SMILES string of the molecule is COCC(O)CN(C)C(=O)c1ccco1. The van der Waals surface area contributed by atoms with Crippen LogP contribution in [0, 0.1) is 0 Å². The summed E-state index contributed by atoms with van der Waals surface area (Å²) < 4.78 is 9.72. The van der Waals surface area contributed by atoms with Crippen LogP contribution in [0.3, 0.4) is 0 Å². The van der Waals surface area contributed by atoms with Crippen molar-refractivity contribution in [2.75, 3.05) is 27.3 Å². The summed E-state index contributed by atoms with van der Waals surface area (Å²) >= 11 is 0. The fourth-order valence-corrected chi connectivity index (χ4v) is 1.23. The van der Waals surface area contributed by atoms with Crippen molar-refractivity contribution in [3.05, 3.63) is 24.2 Å². The van der Waals surface area contributed by atoms with Crippen molar-refractivity contribution in [2.24, 2.45) is 0 Å². The Morgan fingerprint density at radius 1 is 1.73 bits per heavy atom. The number of nitrogens with zero attached hydrogens (tertiary/aromatic N) is 1. The maximum Gasteiger partial charge on any atom is 0.289 e. The molecule has 0 fully saturated rings. The van der Waals surface area contributed by atoms with E-state index in [0.717, 1.165) is 0 Å². The molecule has 0 spiro atoms. The van der Waals surface area contributed by atoms with E-state index in [0.29, 0.717) is 0 Å². The third-order valence-electron chi connectivity index (χ3n) is 1.92. The Labute approximate surface area is 88.2 Å². The third kappa shape index (κ3) is 3.38. The lowest BCUT2D eigenvalue weighted by atomic mass is 10.3. The molecule has 1 unspecified atom stereocenters. The predicted octanol–water partition coefficient (Wildman–Crippen LogP) is 0.359. The lowest BCUT2D eigenvalue weighted by Gasteiger charge is -2.19. The summed E-state index contributed by atoms with van der Waals surface area (Å²) in [4.78, 5) is 13.0. The smallest absolute Gasteiger partial charge is 0.289 e. The second-order valence-electron chi connectivity index (χ2n) is 3.27. The molecule has 1 heterocycles. The van der Waals surface area contributed by atoms with Gasteiger partial charge in [-0.15, -0.1) is 0 Å². The van der Waals surface area contributed by atoms with Gasteiger partial charge in [-0.1, -0.05) is 0 Å². The molecule has 5 heteroatoms. The molecule has 0 aliphatic heterocycles. The number of furan rings is 1. The molecule has 0 saturated carbocycles. The van der Waals surface area contributed by atoms with E-state index in [1.165, 1.54) is 18.3 Å². The minimum absolute atomic E-state index is 0.204. The monoisotopic (exact) mass is 213 g/mol. The molecule has 0 aromatic carbocycles. The molecule has 0 saturated heterocycles. The van der Waals surface area contributed by atoms with Crippen LogP contribution < -0.4 is 0 Å². The van der Waals surface area contributed by atoms with Gasteiger partial charge in [-0.2, -0.15) is 0 Å². The predicted molar refractivity (Wildman–Crippen MR) is 53.6 cm³/mol. The topological polar surface area (TPSA) is 62.9 Å². The summed E-state index contributed by atoms with van der Waals surface area (Å²) in [5.74, 6) is 0.0114. The summed E-state index contributed by atoms with van der Waals surface area (Å²) in [6, 6.07) is 3.23. The van der Waals surface area contributed by atoms with E-state index in [9.17, 15) is 9.90 Å². The number of aliphatic hydroxyl groups is 1. The Hall–Kier alpha value is -1.33. The molecule has 15 heavy (non-hydrogen) atoms. The van der Waals surface area contributed by atoms with Gasteiger partial charge in [0.15, 0.2) is 5.76 Å². The lowest BCUT2D eigenvalue weighted by molar-refractivity contribution is 0.0367. The Morgan fingerprint density at radius 2 is 2.47 bits per heavy atom. The second-order valence-corrected chi connectivity index (χ2v) is 3.27. The zero-order valence-corrected chi connectivity index (χ0v) is 8.84. The summed E-state index contributed by atoms with van der Waals surface area (Å²) in [6.45, 7) is 0.420. The highest BCUT2D eigenvalue weighted by molar-refractivity contribution is 5.91. The van der Waals surface area contributed by atoms with Crippen LogP contribution in [0.25, 0.3) is 0 Å². The van der Waals surface area contributed by atoms with E-state index in [1.807, 2.05) is 0 Å². The molecule has 0 radical (unpaired) electrons. The molecular formula is C10H15NO4. The highest BCUT2D eigenvalue weighted by Crippen LogP contribution is 2.04. The molecule has 5 nitrogen and oxygen atoms in total. The number of amides is 1. The van der Waals surface area contributed by atoms with Crippen LogP contribution in [0.1, 0.15) is 10.6 Å². The summed E-state index contributed by atoms with van der Waals surface area (Å²) in [5, 5.41) is 9.42. The molecule has 1 N–H and O–H groups in total. The van der Waals surface area contributed by atoms with E-state index < -0.39 is 6.10 Å². The van der Waals surface area contributed by atoms with Crippen LogP contribution in [-0.2, 0) is 4.74 Å². The van der Waals surface area contributed by atoms with Crippen LogP contribution in [0.4, 0.5) is 0 Å². The Kier molecular flexibility index (Phi) is 4.33. The number of carbonyl (C=O) groups excluding carboxylic acids is 1. The number of aliphatic hydroxyl groups excluding tert-OH is 1. The first-order chi connectivity index (χ1) is 7.15. The van der Waals surface area contributed by atoms with Gasteiger partial charge in [0.25, 0.3) is 5.91 Å². The number of methoxy groups -OCH3 is 1. The lowest BCUT2D eigenvalue weighted by Crippen LogP contribution is -2.36. The normalized spacial score (nSPS) is 12.5. The average Bonchev–Trinajstić information content (AvgIpc) is 2.69. The first-order valence-corrected chi connectivity index (χ1v) is 4.61. The first-order valence-electron chi connectivity index (χ1n) is 4.61. The molecule has 1 amide bonds. The minimum atomic E-state index is -0.682. The highest BCUT2D eigenvalue weighted by atomic mass is 16.5. The number of carbonyl (C=O) groups is 1. The zero-order valence-electron chi connectivity index (χ0n) is 8.84. The number of ether oxygens (including phenoxy) is 1. The number of hydrogen-bond acceptors (Lipinski definition) is 4. The van der Waals surface area contributed by atoms with Gasteiger partial charge < -0.3 is 19.2 Å². The summed E-state index contributed by atoms with van der Waals surface area (Å²) in [7, 11) is 3.10. The van der Waals surface area contributed by atoms with E-state index in [1.54, 1.807) is 19.2 Å². The van der Waals surface area contributed by atoms with Crippen molar-refractivity contribution in [3.63, 3.8) is 0 Å². The van der Waals surface area contributed by atoms with Gasteiger partial charge >= 0.3 is 0 Å². The largest absolute Gasteiger partial charge is 0.459 e. The van der Waals surface area contributed by atoms with Crippen molar-refractivity contribution in [1.82, 2.24) is 4.90 Å². The van der Waals surface area contributed by atoms with Crippen molar-refractivity contribution in [2.45, 2.75) is 6.10 Å². The van der Waals surface area contributed by atoms with Gasteiger partial charge in [0.05, 0.1) is 19.0 Å². The summed E-state index contributed by atoms with van der Waals surface area (Å²) in [6.07, 6.45) is 0.756.